The van der Waals surface area contributed by atoms with Crippen molar-refractivity contribution in [2.24, 2.45) is 23.2 Å². The van der Waals surface area contributed by atoms with E-state index in [2.05, 4.69) is 87.4 Å². The third kappa shape index (κ3) is 6.26. The second-order valence-corrected chi connectivity index (χ2v) is 10.4. The predicted octanol–water partition coefficient (Wildman–Crippen LogP) is 7.71. The van der Waals surface area contributed by atoms with Crippen LogP contribution in [0.3, 0.4) is 0 Å². The minimum atomic E-state index is 0.274. The topological polar surface area (TPSA) is 0 Å². The van der Waals surface area contributed by atoms with Crippen LogP contribution in [0.5, 0.6) is 0 Å². The average Bonchev–Trinajstić information content (AvgIpc) is 2.42. The van der Waals surface area contributed by atoms with Crippen molar-refractivity contribution in [3.8, 4) is 0 Å². The van der Waals surface area contributed by atoms with Crippen molar-refractivity contribution >= 4 is 0 Å². The number of benzene rings is 1. The smallest absolute Gasteiger partial charge is 0.0129 e. The van der Waals surface area contributed by atoms with Crippen LogP contribution in [-0.4, -0.2) is 0 Å². The average molecular weight is 331 g/mol. The number of hydrogen-bond acceptors (Lipinski definition) is 0. The standard InChI is InChI=1S/C12H24.C12H18/c2*1-9-6-7-10(2)11(8-9)12(3,4)5/h9-11H,6-8H2,1-5H3;6-8H,1-5H3. The SMILES string of the molecule is CC1CCC(C)C(C(C)(C)C)C1.Cc1ccc(C)c(C(C)(C)C)c1. The molecule has 2 rings (SSSR count). The van der Waals surface area contributed by atoms with Crippen molar-refractivity contribution in [3.05, 3.63) is 34.9 Å². The van der Waals surface area contributed by atoms with E-state index < -0.39 is 0 Å². The lowest BCUT2D eigenvalue weighted by atomic mass is 9.64. The van der Waals surface area contributed by atoms with Crippen molar-refractivity contribution in [2.45, 2.75) is 93.9 Å². The molecule has 1 saturated carbocycles. The van der Waals surface area contributed by atoms with Crippen molar-refractivity contribution in [1.82, 2.24) is 0 Å². The van der Waals surface area contributed by atoms with E-state index in [0.717, 1.165) is 17.8 Å². The third-order valence-electron chi connectivity index (χ3n) is 5.77. The molecule has 3 unspecified atom stereocenters. The van der Waals surface area contributed by atoms with E-state index in [0.29, 0.717) is 5.41 Å². The molecule has 0 spiro atoms. The fraction of sp³-hybridized carbons (Fsp3) is 0.750. The molecule has 0 nitrogen and oxygen atoms in total. The van der Waals surface area contributed by atoms with Crippen LogP contribution in [-0.2, 0) is 5.41 Å². The summed E-state index contributed by atoms with van der Waals surface area (Å²) in [5.74, 6) is 2.85. The van der Waals surface area contributed by atoms with Gasteiger partial charge in [-0.05, 0) is 60.0 Å². The van der Waals surface area contributed by atoms with E-state index in [1.165, 1.54) is 36.0 Å². The zero-order valence-electron chi connectivity index (χ0n) is 18.1. The lowest BCUT2D eigenvalue weighted by Crippen LogP contribution is -2.32. The molecule has 0 heterocycles. The minimum Gasteiger partial charge on any atom is -0.0625 e. The van der Waals surface area contributed by atoms with Gasteiger partial charge in [-0.15, -0.1) is 0 Å². The summed E-state index contributed by atoms with van der Waals surface area (Å²) in [6.45, 7) is 23.1. The fourth-order valence-corrected chi connectivity index (χ4v) is 4.28. The lowest BCUT2D eigenvalue weighted by molar-refractivity contribution is 0.0916. The van der Waals surface area contributed by atoms with E-state index in [1.807, 2.05) is 0 Å². The molecule has 0 bridgehead atoms. The highest BCUT2D eigenvalue weighted by Crippen LogP contribution is 2.43. The predicted molar refractivity (Wildman–Crippen MR) is 110 cm³/mol. The molecule has 24 heavy (non-hydrogen) atoms. The molecule has 0 N–H and O–H groups in total. The first-order valence-electron chi connectivity index (χ1n) is 9.90. The van der Waals surface area contributed by atoms with Gasteiger partial charge in [0.05, 0.1) is 0 Å². The van der Waals surface area contributed by atoms with Gasteiger partial charge >= 0.3 is 0 Å². The molecule has 138 valence electrons. The summed E-state index contributed by atoms with van der Waals surface area (Å²) in [6.07, 6.45) is 4.35. The maximum Gasteiger partial charge on any atom is -0.0129 e. The molecule has 1 aromatic carbocycles. The Kier molecular flexibility index (Phi) is 7.15. The van der Waals surface area contributed by atoms with E-state index in [9.17, 15) is 0 Å². The molecular formula is C24H42. The lowest BCUT2D eigenvalue weighted by Gasteiger charge is -2.41. The first-order valence-corrected chi connectivity index (χ1v) is 9.90. The van der Waals surface area contributed by atoms with Crippen LogP contribution in [0, 0.1) is 37.0 Å². The Hall–Kier alpha value is -0.780. The highest BCUT2D eigenvalue weighted by molar-refractivity contribution is 5.35. The third-order valence-corrected chi connectivity index (χ3v) is 5.77. The molecule has 1 aliphatic rings. The van der Waals surface area contributed by atoms with Crippen molar-refractivity contribution in [2.75, 3.05) is 0 Å². The zero-order valence-corrected chi connectivity index (χ0v) is 18.1. The molecular weight excluding hydrogens is 288 g/mol. The van der Waals surface area contributed by atoms with Crippen LogP contribution in [0.2, 0.25) is 0 Å². The summed E-state index contributed by atoms with van der Waals surface area (Å²) in [4.78, 5) is 0. The van der Waals surface area contributed by atoms with Gasteiger partial charge in [0.15, 0.2) is 0 Å². The summed E-state index contributed by atoms with van der Waals surface area (Å²) < 4.78 is 0. The summed E-state index contributed by atoms with van der Waals surface area (Å²) >= 11 is 0. The maximum absolute atomic E-state index is 2.43. The Morgan fingerprint density at radius 1 is 0.875 bits per heavy atom. The fourth-order valence-electron chi connectivity index (χ4n) is 4.28. The molecule has 0 saturated heterocycles. The highest BCUT2D eigenvalue weighted by Gasteiger charge is 2.33. The molecule has 1 fully saturated rings. The van der Waals surface area contributed by atoms with Crippen LogP contribution in [0.15, 0.2) is 18.2 Å². The van der Waals surface area contributed by atoms with Gasteiger partial charge in [0, 0.05) is 0 Å². The summed E-state index contributed by atoms with van der Waals surface area (Å²) in [5.41, 5.74) is 5.01. The zero-order chi connectivity index (χ0) is 18.7. The van der Waals surface area contributed by atoms with E-state index >= 15 is 0 Å². The summed E-state index contributed by atoms with van der Waals surface area (Å²) in [5, 5.41) is 0. The largest absolute Gasteiger partial charge is 0.0625 e. The van der Waals surface area contributed by atoms with Gasteiger partial charge in [-0.1, -0.05) is 92.0 Å². The van der Waals surface area contributed by atoms with Gasteiger partial charge in [-0.3, -0.25) is 0 Å². The van der Waals surface area contributed by atoms with Gasteiger partial charge < -0.3 is 0 Å². The highest BCUT2D eigenvalue weighted by atomic mass is 14.4. The van der Waals surface area contributed by atoms with Crippen LogP contribution in [0.1, 0.15) is 91.3 Å². The summed E-state index contributed by atoms with van der Waals surface area (Å²) in [7, 11) is 0. The molecule has 0 radical (unpaired) electrons. The maximum atomic E-state index is 2.43. The molecule has 0 heteroatoms. The molecule has 1 aliphatic carbocycles. The van der Waals surface area contributed by atoms with Crippen LogP contribution in [0.25, 0.3) is 0 Å². The normalized spacial score (nSPS) is 25.0. The van der Waals surface area contributed by atoms with E-state index in [4.69, 9.17) is 0 Å². The Morgan fingerprint density at radius 3 is 1.88 bits per heavy atom. The molecule has 3 atom stereocenters. The first kappa shape index (κ1) is 21.3. The van der Waals surface area contributed by atoms with Gasteiger partial charge in [0.2, 0.25) is 0 Å². The van der Waals surface area contributed by atoms with Crippen LogP contribution >= 0.6 is 0 Å². The Labute approximate surface area is 152 Å². The van der Waals surface area contributed by atoms with E-state index in [1.54, 1.807) is 0 Å². The Morgan fingerprint density at radius 2 is 1.46 bits per heavy atom. The van der Waals surface area contributed by atoms with Crippen molar-refractivity contribution < 1.29 is 0 Å². The monoisotopic (exact) mass is 330 g/mol. The minimum absolute atomic E-state index is 0.274. The Bertz CT molecular complexity index is 510. The van der Waals surface area contributed by atoms with Crippen molar-refractivity contribution in [3.63, 3.8) is 0 Å². The van der Waals surface area contributed by atoms with Gasteiger partial charge in [0.25, 0.3) is 0 Å². The van der Waals surface area contributed by atoms with Gasteiger partial charge in [0.1, 0.15) is 0 Å². The molecule has 0 aliphatic heterocycles. The molecule has 0 amide bonds. The van der Waals surface area contributed by atoms with Gasteiger partial charge in [-0.25, -0.2) is 0 Å². The number of hydrogen-bond donors (Lipinski definition) is 0. The van der Waals surface area contributed by atoms with Crippen molar-refractivity contribution in [1.29, 1.82) is 0 Å². The van der Waals surface area contributed by atoms with E-state index in [-0.39, 0.29) is 5.41 Å². The summed E-state index contributed by atoms with van der Waals surface area (Å²) in [6, 6.07) is 6.66. The van der Waals surface area contributed by atoms with Gasteiger partial charge in [-0.2, -0.15) is 0 Å². The first-order chi connectivity index (χ1) is 10.8. The molecule has 0 aromatic heterocycles. The van der Waals surface area contributed by atoms with Crippen LogP contribution < -0.4 is 0 Å². The second kappa shape index (κ2) is 8.07. The van der Waals surface area contributed by atoms with Crippen LogP contribution in [0.4, 0.5) is 0 Å². The number of rotatable bonds is 0. The Balaban J connectivity index is 0.000000240. The second-order valence-electron chi connectivity index (χ2n) is 10.4. The number of aryl methyl sites for hydroxylation is 2. The molecule has 1 aromatic rings. The quantitative estimate of drug-likeness (QED) is 0.457.